The second-order valence-corrected chi connectivity index (χ2v) is 10.9. The van der Waals surface area contributed by atoms with E-state index in [1.807, 2.05) is 0 Å². The minimum absolute atomic E-state index is 0.00221. The summed E-state index contributed by atoms with van der Waals surface area (Å²) >= 11 is 0. The molecule has 0 heterocycles. The first-order chi connectivity index (χ1) is 16.8. The van der Waals surface area contributed by atoms with Crippen LogP contribution >= 0.6 is 0 Å². The third-order valence-corrected chi connectivity index (χ3v) is 8.76. The van der Waals surface area contributed by atoms with Crippen LogP contribution in [-0.4, -0.2) is 43.3 Å². The molecule has 1 saturated carbocycles. The monoisotopic (exact) mass is 488 g/mol. The lowest BCUT2D eigenvalue weighted by atomic mass is 9.83. The number of hydrogen-bond acceptors (Lipinski definition) is 5. The van der Waals surface area contributed by atoms with E-state index in [1.165, 1.54) is 28.6 Å². The highest BCUT2D eigenvalue weighted by atomic mass is 32.2. The van der Waals surface area contributed by atoms with Gasteiger partial charge in [-0.1, -0.05) is 49.2 Å². The van der Waals surface area contributed by atoms with Crippen LogP contribution in [0.5, 0.6) is 0 Å². The van der Waals surface area contributed by atoms with E-state index in [9.17, 15) is 22.8 Å². The van der Waals surface area contributed by atoms with Crippen molar-refractivity contribution in [3.63, 3.8) is 0 Å². The zero-order valence-electron chi connectivity index (χ0n) is 19.2. The SMILES string of the molecule is CN(C1CCCC1)S(=O)(=O)c1ccc(C(=O)Nc2cccc3c2C(=O)c2ccccc2C3=O)cc1. The number of nitrogens with zero attached hydrogens (tertiary/aromatic N) is 1. The van der Waals surface area contributed by atoms with Gasteiger partial charge in [0.05, 0.1) is 16.1 Å². The number of hydrogen-bond donors (Lipinski definition) is 1. The van der Waals surface area contributed by atoms with Crippen molar-refractivity contribution in [2.75, 3.05) is 12.4 Å². The number of ketones is 2. The second-order valence-electron chi connectivity index (χ2n) is 8.87. The van der Waals surface area contributed by atoms with Crippen LogP contribution in [0.4, 0.5) is 5.69 Å². The Morgan fingerprint density at radius 2 is 1.43 bits per heavy atom. The van der Waals surface area contributed by atoms with Gasteiger partial charge in [-0.2, -0.15) is 4.31 Å². The van der Waals surface area contributed by atoms with Gasteiger partial charge in [0.15, 0.2) is 11.6 Å². The fourth-order valence-electron chi connectivity index (χ4n) is 4.85. The summed E-state index contributed by atoms with van der Waals surface area (Å²) in [5.74, 6) is -1.11. The van der Waals surface area contributed by atoms with Crippen LogP contribution in [0.25, 0.3) is 0 Å². The number of sulfonamides is 1. The van der Waals surface area contributed by atoms with Gasteiger partial charge in [0.25, 0.3) is 5.91 Å². The van der Waals surface area contributed by atoms with Gasteiger partial charge in [-0.25, -0.2) is 8.42 Å². The number of rotatable bonds is 5. The molecule has 1 N–H and O–H groups in total. The smallest absolute Gasteiger partial charge is 0.255 e. The van der Waals surface area contributed by atoms with E-state index in [1.54, 1.807) is 49.5 Å². The Balaban J connectivity index is 1.40. The predicted octanol–water partition coefficient (Wildman–Crippen LogP) is 4.28. The largest absolute Gasteiger partial charge is 0.321 e. The topological polar surface area (TPSA) is 101 Å². The van der Waals surface area contributed by atoms with Crippen LogP contribution in [0.15, 0.2) is 71.6 Å². The van der Waals surface area contributed by atoms with E-state index in [2.05, 4.69) is 5.32 Å². The Labute approximate surface area is 203 Å². The average molecular weight is 489 g/mol. The number of nitrogens with one attached hydrogen (secondary N) is 1. The highest BCUT2D eigenvalue weighted by molar-refractivity contribution is 7.89. The Kier molecular flexibility index (Phi) is 5.86. The molecule has 8 heteroatoms. The van der Waals surface area contributed by atoms with Crippen molar-refractivity contribution in [1.29, 1.82) is 0 Å². The lowest BCUT2D eigenvalue weighted by Gasteiger charge is -2.23. The number of amides is 1. The van der Waals surface area contributed by atoms with Crippen molar-refractivity contribution in [1.82, 2.24) is 4.31 Å². The maximum absolute atomic E-state index is 13.1. The van der Waals surface area contributed by atoms with Gasteiger partial charge in [0.2, 0.25) is 10.0 Å². The van der Waals surface area contributed by atoms with Gasteiger partial charge >= 0.3 is 0 Å². The van der Waals surface area contributed by atoms with Crippen molar-refractivity contribution in [2.45, 2.75) is 36.6 Å². The van der Waals surface area contributed by atoms with Crippen molar-refractivity contribution >= 4 is 33.2 Å². The molecule has 3 aromatic carbocycles. The lowest BCUT2D eigenvalue weighted by molar-refractivity contribution is 0.0978. The molecule has 0 atom stereocenters. The van der Waals surface area contributed by atoms with Crippen LogP contribution in [0.1, 0.15) is 67.9 Å². The second kappa shape index (κ2) is 8.87. The molecule has 178 valence electrons. The zero-order chi connectivity index (χ0) is 24.7. The summed E-state index contributed by atoms with van der Waals surface area (Å²) in [6.45, 7) is 0. The van der Waals surface area contributed by atoms with Gasteiger partial charge in [0.1, 0.15) is 0 Å². The number of anilines is 1. The van der Waals surface area contributed by atoms with Gasteiger partial charge in [-0.05, 0) is 43.2 Å². The van der Waals surface area contributed by atoms with Gasteiger partial charge in [0, 0.05) is 35.3 Å². The Hall–Kier alpha value is -3.62. The molecular weight excluding hydrogens is 464 g/mol. The fraction of sp³-hybridized carbons (Fsp3) is 0.222. The third-order valence-electron chi connectivity index (χ3n) is 6.83. The van der Waals surface area contributed by atoms with Crippen LogP contribution in [0.2, 0.25) is 0 Å². The Morgan fingerprint density at radius 3 is 2.09 bits per heavy atom. The summed E-state index contributed by atoms with van der Waals surface area (Å²) in [4.78, 5) is 39.2. The van der Waals surface area contributed by atoms with E-state index < -0.39 is 15.9 Å². The molecule has 0 aliphatic heterocycles. The Morgan fingerprint density at radius 1 is 0.829 bits per heavy atom. The Bertz CT molecular complexity index is 1460. The first-order valence-electron chi connectivity index (χ1n) is 11.5. The van der Waals surface area contributed by atoms with Crippen LogP contribution in [-0.2, 0) is 10.0 Å². The van der Waals surface area contributed by atoms with E-state index in [4.69, 9.17) is 0 Å². The highest BCUT2D eigenvalue weighted by Gasteiger charge is 2.32. The van der Waals surface area contributed by atoms with Gasteiger partial charge < -0.3 is 5.32 Å². The lowest BCUT2D eigenvalue weighted by Crippen LogP contribution is -2.35. The molecule has 3 aromatic rings. The maximum atomic E-state index is 13.1. The summed E-state index contributed by atoms with van der Waals surface area (Å²) < 4.78 is 27.4. The molecule has 0 saturated heterocycles. The summed E-state index contributed by atoms with van der Waals surface area (Å²) in [7, 11) is -2.06. The number of fused-ring (bicyclic) bond motifs is 2. The molecule has 0 aromatic heterocycles. The van der Waals surface area contributed by atoms with E-state index >= 15 is 0 Å². The third kappa shape index (κ3) is 3.98. The molecule has 2 aliphatic rings. The molecule has 1 fully saturated rings. The first-order valence-corrected chi connectivity index (χ1v) is 12.9. The molecule has 0 radical (unpaired) electrons. The van der Waals surface area contributed by atoms with Crippen molar-refractivity contribution in [3.05, 3.63) is 94.5 Å². The summed E-state index contributed by atoms with van der Waals surface area (Å²) in [6.07, 6.45) is 3.74. The number of carbonyl (C=O) groups is 3. The van der Waals surface area contributed by atoms with Crippen molar-refractivity contribution < 1.29 is 22.8 Å². The van der Waals surface area contributed by atoms with E-state index in [0.717, 1.165) is 25.7 Å². The van der Waals surface area contributed by atoms with Crippen molar-refractivity contribution in [2.24, 2.45) is 0 Å². The van der Waals surface area contributed by atoms with Crippen LogP contribution in [0, 0.1) is 0 Å². The normalized spacial score (nSPS) is 15.7. The van der Waals surface area contributed by atoms with E-state index in [0.29, 0.717) is 11.1 Å². The predicted molar refractivity (Wildman–Crippen MR) is 131 cm³/mol. The molecule has 1 amide bonds. The maximum Gasteiger partial charge on any atom is 0.255 e. The van der Waals surface area contributed by atoms with Crippen LogP contribution < -0.4 is 5.32 Å². The standard InChI is InChI=1S/C27H24N2O5S/c1-29(18-7-2-3-8-18)35(33,34)19-15-13-17(14-16-19)27(32)28-23-12-6-11-22-24(23)26(31)21-10-5-4-9-20(21)25(22)30/h4-6,9-16,18H,2-3,7-8H2,1H3,(H,28,32). The molecule has 2 aliphatic carbocycles. The molecule has 7 nitrogen and oxygen atoms in total. The van der Waals surface area contributed by atoms with Crippen molar-refractivity contribution in [3.8, 4) is 0 Å². The first kappa shape index (κ1) is 23.1. The summed E-state index contributed by atoms with van der Waals surface area (Å²) in [6, 6.07) is 17.1. The van der Waals surface area contributed by atoms with E-state index in [-0.39, 0.29) is 44.9 Å². The number of carbonyl (C=O) groups excluding carboxylic acids is 3. The molecule has 0 bridgehead atoms. The fourth-order valence-corrected chi connectivity index (χ4v) is 6.27. The minimum Gasteiger partial charge on any atom is -0.321 e. The highest BCUT2D eigenvalue weighted by Crippen LogP contribution is 2.32. The molecule has 0 unspecified atom stereocenters. The molecular formula is C27H24N2O5S. The molecule has 5 rings (SSSR count). The minimum atomic E-state index is -3.66. The van der Waals surface area contributed by atoms with Gasteiger partial charge in [-0.15, -0.1) is 0 Å². The van der Waals surface area contributed by atoms with Gasteiger partial charge in [-0.3, -0.25) is 14.4 Å². The number of benzene rings is 3. The summed E-state index contributed by atoms with van der Waals surface area (Å²) in [5, 5.41) is 2.72. The average Bonchev–Trinajstić information content (AvgIpc) is 3.42. The molecule has 35 heavy (non-hydrogen) atoms. The zero-order valence-corrected chi connectivity index (χ0v) is 20.0. The summed E-state index contributed by atoms with van der Waals surface area (Å²) in [5.41, 5.74) is 1.50. The van der Waals surface area contributed by atoms with Crippen LogP contribution in [0.3, 0.4) is 0 Å². The quantitative estimate of drug-likeness (QED) is 0.452. The molecule has 0 spiro atoms.